The summed E-state index contributed by atoms with van der Waals surface area (Å²) in [5.41, 5.74) is 1.62. The molecule has 0 spiro atoms. The minimum atomic E-state index is -4.62. The number of halogens is 3. The largest absolute Gasteiger partial charge is 0.433 e. The molecule has 0 aliphatic heterocycles. The maximum absolute atomic E-state index is 13.8. The summed E-state index contributed by atoms with van der Waals surface area (Å²) in [5, 5.41) is 37.0. The summed E-state index contributed by atoms with van der Waals surface area (Å²) in [6.45, 7) is 4.12. The lowest BCUT2D eigenvalue weighted by molar-refractivity contribution is -0.141. The molecule has 0 bridgehead atoms. The monoisotopic (exact) mass is 557 g/mol. The van der Waals surface area contributed by atoms with Gasteiger partial charge in [0.15, 0.2) is 0 Å². The Balaban J connectivity index is 0.00000181. The van der Waals surface area contributed by atoms with Gasteiger partial charge in [0.2, 0.25) is 0 Å². The molecule has 0 saturated heterocycles. The van der Waals surface area contributed by atoms with Gasteiger partial charge < -0.3 is 15.3 Å². The van der Waals surface area contributed by atoms with E-state index in [0.717, 1.165) is 43.7 Å². The maximum atomic E-state index is 13.8. The molecule has 2 heterocycles. The molecule has 5 N–H and O–H groups in total. The Morgan fingerprint density at radius 3 is 2.58 bits per heavy atom. The molecular formula is C29H38F3N7O. The van der Waals surface area contributed by atoms with E-state index in [9.17, 15) is 18.3 Å². The lowest BCUT2D eigenvalue weighted by atomic mass is 9.72. The summed E-state index contributed by atoms with van der Waals surface area (Å²) in [6, 6.07) is 8.55. The first kappa shape index (κ1) is 29.7. The lowest BCUT2D eigenvalue weighted by Crippen LogP contribution is -2.36. The zero-order valence-corrected chi connectivity index (χ0v) is 23.1. The number of alkyl halides is 3. The van der Waals surface area contributed by atoms with E-state index < -0.39 is 18.0 Å². The van der Waals surface area contributed by atoms with Gasteiger partial charge in [-0.25, -0.2) is 4.98 Å². The summed E-state index contributed by atoms with van der Waals surface area (Å²) in [4.78, 5) is 5.41. The first-order chi connectivity index (χ1) is 19.2. The van der Waals surface area contributed by atoms with Crippen molar-refractivity contribution in [2.24, 2.45) is 5.92 Å². The molecule has 5 rings (SSSR count). The molecule has 3 unspecified atom stereocenters. The number of rotatable bonds is 8. The zero-order valence-electron chi connectivity index (χ0n) is 23.1. The van der Waals surface area contributed by atoms with Crippen LogP contribution in [0.5, 0.6) is 0 Å². The van der Waals surface area contributed by atoms with Gasteiger partial charge in [-0.3, -0.25) is 15.9 Å². The van der Waals surface area contributed by atoms with Crippen LogP contribution in [0.25, 0.3) is 22.2 Å². The van der Waals surface area contributed by atoms with Crippen molar-refractivity contribution in [3.63, 3.8) is 0 Å². The second kappa shape index (κ2) is 12.5. The van der Waals surface area contributed by atoms with Crippen LogP contribution in [0.4, 0.5) is 13.2 Å². The molecule has 216 valence electrons. The topological polar surface area (TPSA) is 125 Å². The molecule has 3 atom stereocenters. The fourth-order valence-corrected chi connectivity index (χ4v) is 5.55. The molecule has 1 aromatic carbocycles. The smallest absolute Gasteiger partial charge is 0.393 e. The lowest BCUT2D eigenvalue weighted by Gasteiger charge is -2.36. The molecule has 8 nitrogen and oxygen atoms in total. The van der Waals surface area contributed by atoms with Crippen LogP contribution >= 0.6 is 0 Å². The van der Waals surface area contributed by atoms with E-state index in [2.05, 4.69) is 20.5 Å². The Labute approximate surface area is 232 Å². The van der Waals surface area contributed by atoms with Crippen LogP contribution < -0.4 is 5.32 Å². The molecule has 2 saturated carbocycles. The molecule has 2 aliphatic carbocycles. The second-order valence-electron chi connectivity index (χ2n) is 10.4. The molecule has 11 heteroatoms. The van der Waals surface area contributed by atoms with Gasteiger partial charge in [0.1, 0.15) is 17.2 Å². The second-order valence-corrected chi connectivity index (χ2v) is 10.4. The Morgan fingerprint density at radius 2 is 1.98 bits per heavy atom. The van der Waals surface area contributed by atoms with Gasteiger partial charge in [-0.15, -0.1) is 0 Å². The van der Waals surface area contributed by atoms with E-state index in [1.807, 2.05) is 38.1 Å². The standard InChI is InChI=1S/C27H32F3N7O.C2H6/c1-37(14-31)26(32)23(15-4-2-5-15)16-6-3-7-17(10-16)24-20-12-22(27(28,29)30)34-21(25(20)36-35-24)13-33-18-8-9-19(38)11-18;1-2/h3,6-7,10,12,14-15,18-19,23,31-33,38H,2,4-5,8-9,11,13H2,1H3,(H,35,36);1-2H3. The van der Waals surface area contributed by atoms with Crippen molar-refractivity contribution < 1.29 is 18.3 Å². The number of nitrogens with zero attached hydrogens (tertiary/aromatic N) is 3. The van der Waals surface area contributed by atoms with Gasteiger partial charge in [0.25, 0.3) is 0 Å². The normalized spacial score (nSPS) is 20.0. The van der Waals surface area contributed by atoms with Crippen molar-refractivity contribution in [3.8, 4) is 11.3 Å². The van der Waals surface area contributed by atoms with Crippen molar-refractivity contribution in [2.75, 3.05) is 7.05 Å². The summed E-state index contributed by atoms with van der Waals surface area (Å²) in [5.74, 6) is 0.390. The SMILES string of the molecule is CC.CN(C=N)C(=N)C(c1cccc(-c2n[nH]c3c(CNC4CCC(O)C4)nc(C(F)(F)F)cc23)c1)C1CCC1. The number of H-pyrrole nitrogens is 1. The number of hydrogen-bond donors (Lipinski definition) is 5. The third kappa shape index (κ3) is 6.20. The van der Waals surface area contributed by atoms with Gasteiger partial charge in [-0.05, 0) is 55.7 Å². The number of aromatic amines is 1. The molecule has 40 heavy (non-hydrogen) atoms. The fraction of sp³-hybridized carbons (Fsp3) is 0.517. The number of benzene rings is 1. The Morgan fingerprint density at radius 1 is 1.23 bits per heavy atom. The van der Waals surface area contributed by atoms with Gasteiger partial charge >= 0.3 is 6.18 Å². The molecule has 0 radical (unpaired) electrons. The molecule has 3 aromatic rings. The number of fused-ring (bicyclic) bond motifs is 1. The number of nitrogens with one attached hydrogen (secondary N) is 4. The highest BCUT2D eigenvalue weighted by molar-refractivity contribution is 5.96. The minimum Gasteiger partial charge on any atom is -0.393 e. The van der Waals surface area contributed by atoms with Gasteiger partial charge in [-0.1, -0.05) is 38.5 Å². The zero-order chi connectivity index (χ0) is 29.0. The van der Waals surface area contributed by atoms with E-state index in [1.54, 1.807) is 7.05 Å². The number of hydrogen-bond acceptors (Lipinski definition) is 6. The average molecular weight is 558 g/mol. The van der Waals surface area contributed by atoms with Crippen molar-refractivity contribution in [1.82, 2.24) is 25.4 Å². The van der Waals surface area contributed by atoms with Crippen LogP contribution in [0.2, 0.25) is 0 Å². The highest BCUT2D eigenvalue weighted by Crippen LogP contribution is 2.42. The summed E-state index contributed by atoms with van der Waals surface area (Å²) < 4.78 is 41.5. The van der Waals surface area contributed by atoms with Crippen LogP contribution in [0.3, 0.4) is 0 Å². The van der Waals surface area contributed by atoms with Crippen molar-refractivity contribution in [2.45, 2.75) is 83.2 Å². The summed E-state index contributed by atoms with van der Waals surface area (Å²) in [6.07, 6.45) is 1.17. The van der Waals surface area contributed by atoms with Crippen molar-refractivity contribution in [1.29, 1.82) is 10.8 Å². The van der Waals surface area contributed by atoms with Crippen molar-refractivity contribution >= 4 is 23.1 Å². The van der Waals surface area contributed by atoms with Gasteiger partial charge in [0, 0.05) is 36.5 Å². The highest BCUT2D eigenvalue weighted by atomic mass is 19.4. The number of aliphatic hydroxyl groups excluding tert-OH is 1. The predicted octanol–water partition coefficient (Wildman–Crippen LogP) is 6.07. The molecule has 0 amide bonds. The Bertz CT molecular complexity index is 1330. The molecule has 2 fully saturated rings. The number of likely N-dealkylation sites (N-methyl/N-ethyl adjacent to an activating group) is 1. The molecular weight excluding hydrogens is 519 g/mol. The highest BCUT2D eigenvalue weighted by Gasteiger charge is 2.35. The van der Waals surface area contributed by atoms with E-state index in [0.29, 0.717) is 40.8 Å². The number of aliphatic hydroxyl groups is 1. The quantitative estimate of drug-likeness (QED) is 0.170. The first-order valence-electron chi connectivity index (χ1n) is 13.9. The van der Waals surface area contributed by atoms with E-state index in [-0.39, 0.29) is 30.1 Å². The Kier molecular flexibility index (Phi) is 9.25. The molecule has 2 aromatic heterocycles. The van der Waals surface area contributed by atoms with E-state index in [1.165, 1.54) is 4.90 Å². The molecule has 2 aliphatic rings. The average Bonchev–Trinajstić information content (AvgIpc) is 3.55. The van der Waals surface area contributed by atoms with Gasteiger partial charge in [0.05, 0.1) is 23.7 Å². The van der Waals surface area contributed by atoms with Crippen LogP contribution in [0.15, 0.2) is 30.3 Å². The van der Waals surface area contributed by atoms with Crippen LogP contribution in [0.1, 0.15) is 75.2 Å². The van der Waals surface area contributed by atoms with Crippen LogP contribution in [0, 0.1) is 16.7 Å². The predicted molar refractivity (Wildman–Crippen MR) is 151 cm³/mol. The fourth-order valence-electron chi connectivity index (χ4n) is 5.55. The first-order valence-corrected chi connectivity index (χ1v) is 13.9. The Hall–Kier alpha value is -3.31. The van der Waals surface area contributed by atoms with E-state index >= 15 is 0 Å². The van der Waals surface area contributed by atoms with Crippen LogP contribution in [-0.2, 0) is 12.7 Å². The number of pyridine rings is 1. The third-order valence-corrected chi connectivity index (χ3v) is 7.89. The number of aromatic nitrogens is 3. The van der Waals surface area contributed by atoms with Gasteiger partial charge in [-0.2, -0.15) is 18.3 Å². The summed E-state index contributed by atoms with van der Waals surface area (Å²) in [7, 11) is 1.68. The maximum Gasteiger partial charge on any atom is 0.433 e. The summed E-state index contributed by atoms with van der Waals surface area (Å²) >= 11 is 0. The van der Waals surface area contributed by atoms with Crippen molar-refractivity contribution in [3.05, 3.63) is 47.3 Å². The van der Waals surface area contributed by atoms with Crippen LogP contribution in [-0.4, -0.2) is 56.6 Å². The minimum absolute atomic E-state index is 0.0216. The third-order valence-electron chi connectivity index (χ3n) is 7.89. The number of amidine groups is 1. The van der Waals surface area contributed by atoms with E-state index in [4.69, 9.17) is 10.8 Å².